The van der Waals surface area contributed by atoms with Crippen LogP contribution in [-0.4, -0.2) is 51.9 Å². The number of carbonyl (C=O) groups is 1. The smallest absolute Gasteiger partial charge is 0.256 e. The van der Waals surface area contributed by atoms with Gasteiger partial charge in [0.15, 0.2) is 5.82 Å². The normalized spacial score (nSPS) is 14.1. The predicted molar refractivity (Wildman–Crippen MR) is 114 cm³/mol. The van der Waals surface area contributed by atoms with Crippen molar-refractivity contribution in [3.63, 3.8) is 0 Å². The van der Waals surface area contributed by atoms with Gasteiger partial charge >= 0.3 is 0 Å². The maximum Gasteiger partial charge on any atom is 0.256 e. The average molecular weight is 426 g/mol. The summed E-state index contributed by atoms with van der Waals surface area (Å²) < 4.78 is 14.1. The Morgan fingerprint density at radius 2 is 1.83 bits per heavy atom. The first kappa shape index (κ1) is 20.2. The van der Waals surface area contributed by atoms with Gasteiger partial charge in [-0.25, -0.2) is 14.4 Å². The third-order valence-electron chi connectivity index (χ3n) is 5.29. The number of benzene rings is 1. The molecule has 0 unspecified atom stereocenters. The minimum Gasteiger partial charge on any atom is -0.353 e. The predicted octanol–water partition coefficient (Wildman–Crippen LogP) is 3.91. The van der Waals surface area contributed by atoms with Crippen LogP contribution in [0.1, 0.15) is 21.6 Å². The van der Waals surface area contributed by atoms with Gasteiger partial charge in [0, 0.05) is 48.7 Å². The Hall–Kier alpha value is -3.06. The van der Waals surface area contributed by atoms with Crippen LogP contribution in [-0.2, 0) is 0 Å². The van der Waals surface area contributed by atoms with Crippen LogP contribution < -0.4 is 4.90 Å². The van der Waals surface area contributed by atoms with Gasteiger partial charge in [0.05, 0.1) is 5.56 Å². The summed E-state index contributed by atoms with van der Waals surface area (Å²) in [7, 11) is 0. The van der Waals surface area contributed by atoms with E-state index in [-0.39, 0.29) is 16.5 Å². The lowest BCUT2D eigenvalue weighted by Crippen LogP contribution is -2.49. The average Bonchev–Trinajstić information content (AvgIpc) is 2.76. The summed E-state index contributed by atoms with van der Waals surface area (Å²) in [4.78, 5) is 30.2. The second-order valence-electron chi connectivity index (χ2n) is 7.20. The van der Waals surface area contributed by atoms with Crippen molar-refractivity contribution in [2.24, 2.45) is 0 Å². The van der Waals surface area contributed by atoms with Crippen LogP contribution in [0.5, 0.6) is 0 Å². The number of aromatic nitrogens is 3. The fourth-order valence-corrected chi connectivity index (χ4v) is 3.64. The summed E-state index contributed by atoms with van der Waals surface area (Å²) >= 11 is 5.79. The first-order chi connectivity index (χ1) is 14.4. The van der Waals surface area contributed by atoms with Crippen molar-refractivity contribution in [3.05, 3.63) is 70.3 Å². The highest BCUT2D eigenvalue weighted by Gasteiger charge is 2.26. The zero-order valence-electron chi connectivity index (χ0n) is 16.8. The van der Waals surface area contributed by atoms with Gasteiger partial charge in [-0.1, -0.05) is 17.7 Å². The van der Waals surface area contributed by atoms with Crippen molar-refractivity contribution in [2.75, 3.05) is 31.1 Å². The Kier molecular flexibility index (Phi) is 5.63. The number of anilines is 1. The van der Waals surface area contributed by atoms with Gasteiger partial charge < -0.3 is 9.80 Å². The molecule has 0 radical (unpaired) electrons. The summed E-state index contributed by atoms with van der Waals surface area (Å²) in [5.41, 5.74) is 2.65. The number of halogens is 2. The van der Waals surface area contributed by atoms with Gasteiger partial charge in [0.1, 0.15) is 17.3 Å². The van der Waals surface area contributed by atoms with E-state index in [9.17, 15) is 9.18 Å². The lowest BCUT2D eigenvalue weighted by Gasteiger charge is -2.36. The minimum atomic E-state index is -0.600. The molecule has 4 rings (SSSR count). The Balaban J connectivity index is 1.53. The van der Waals surface area contributed by atoms with E-state index in [1.54, 1.807) is 11.1 Å². The van der Waals surface area contributed by atoms with Crippen molar-refractivity contribution >= 4 is 23.3 Å². The van der Waals surface area contributed by atoms with Gasteiger partial charge in [0.2, 0.25) is 0 Å². The molecule has 1 fully saturated rings. The number of rotatable bonds is 3. The van der Waals surface area contributed by atoms with Crippen molar-refractivity contribution in [1.82, 2.24) is 19.9 Å². The fourth-order valence-electron chi connectivity index (χ4n) is 3.49. The fraction of sp³-hybridized carbons (Fsp3) is 0.273. The Morgan fingerprint density at radius 1 is 1.07 bits per heavy atom. The van der Waals surface area contributed by atoms with Crippen molar-refractivity contribution < 1.29 is 9.18 Å². The summed E-state index contributed by atoms with van der Waals surface area (Å²) in [6.45, 7) is 6.09. The number of carbonyl (C=O) groups excluding carboxylic acids is 1. The van der Waals surface area contributed by atoms with Gasteiger partial charge in [-0.05, 0) is 44.2 Å². The van der Waals surface area contributed by atoms with Crippen LogP contribution in [0.15, 0.2) is 42.6 Å². The number of aryl methyl sites for hydroxylation is 1. The van der Waals surface area contributed by atoms with Gasteiger partial charge in [0.25, 0.3) is 5.91 Å². The SMILES string of the molecule is Cc1nc(-c2ccccn2)nc(N2CCN(C(=O)c3ccc(Cl)cc3F)CC2)c1C. The highest BCUT2D eigenvalue weighted by molar-refractivity contribution is 6.30. The van der Waals surface area contributed by atoms with Crippen LogP contribution in [0, 0.1) is 19.7 Å². The number of hydrogen-bond donors (Lipinski definition) is 0. The molecular formula is C22H21ClFN5O. The van der Waals surface area contributed by atoms with Crippen LogP contribution in [0.25, 0.3) is 11.5 Å². The summed E-state index contributed by atoms with van der Waals surface area (Å²) in [6.07, 6.45) is 1.72. The third kappa shape index (κ3) is 3.98. The van der Waals surface area contributed by atoms with E-state index >= 15 is 0 Å². The second-order valence-corrected chi connectivity index (χ2v) is 7.64. The van der Waals surface area contributed by atoms with E-state index in [1.807, 2.05) is 32.0 Å². The van der Waals surface area contributed by atoms with E-state index in [4.69, 9.17) is 16.6 Å². The van der Waals surface area contributed by atoms with Crippen LogP contribution >= 0.6 is 11.6 Å². The number of amides is 1. The van der Waals surface area contributed by atoms with E-state index in [0.29, 0.717) is 37.7 Å². The monoisotopic (exact) mass is 425 g/mol. The molecule has 0 N–H and O–H groups in total. The summed E-state index contributed by atoms with van der Waals surface area (Å²) in [5.74, 6) is 0.495. The van der Waals surface area contributed by atoms with Gasteiger partial charge in [-0.3, -0.25) is 9.78 Å². The maximum atomic E-state index is 14.1. The Labute approximate surface area is 179 Å². The summed E-state index contributed by atoms with van der Waals surface area (Å²) in [6, 6.07) is 9.76. The zero-order valence-corrected chi connectivity index (χ0v) is 17.5. The molecule has 0 bridgehead atoms. The molecule has 1 aliphatic rings. The number of nitrogens with zero attached hydrogens (tertiary/aromatic N) is 5. The molecule has 30 heavy (non-hydrogen) atoms. The maximum absolute atomic E-state index is 14.1. The molecule has 8 heteroatoms. The Bertz CT molecular complexity index is 1080. The molecule has 3 heterocycles. The molecule has 1 aliphatic heterocycles. The number of pyridine rings is 1. The first-order valence-electron chi connectivity index (χ1n) is 9.70. The second kappa shape index (κ2) is 8.36. The molecule has 1 amide bonds. The minimum absolute atomic E-state index is 0.0411. The van der Waals surface area contributed by atoms with Crippen LogP contribution in [0.3, 0.4) is 0 Å². The molecule has 1 aromatic carbocycles. The van der Waals surface area contributed by atoms with Crippen LogP contribution in [0.2, 0.25) is 5.02 Å². The highest BCUT2D eigenvalue weighted by Crippen LogP contribution is 2.25. The lowest BCUT2D eigenvalue weighted by molar-refractivity contribution is 0.0742. The molecule has 2 aromatic heterocycles. The third-order valence-corrected chi connectivity index (χ3v) is 5.52. The first-order valence-corrected chi connectivity index (χ1v) is 10.1. The standard InChI is InChI=1S/C22H21ClFN5O/c1-14-15(2)26-20(19-5-3-4-8-25-19)27-21(14)28-9-11-29(12-10-28)22(30)17-7-6-16(23)13-18(17)24/h3-8,13H,9-12H2,1-2H3. The van der Waals surface area contributed by atoms with Gasteiger partial charge in [-0.2, -0.15) is 0 Å². The van der Waals surface area contributed by atoms with Crippen molar-refractivity contribution in [3.8, 4) is 11.5 Å². The molecule has 6 nitrogen and oxygen atoms in total. The Morgan fingerprint density at radius 3 is 2.50 bits per heavy atom. The zero-order chi connectivity index (χ0) is 21.3. The molecule has 0 atom stereocenters. The quantitative estimate of drug-likeness (QED) is 0.636. The number of hydrogen-bond acceptors (Lipinski definition) is 5. The molecule has 3 aromatic rings. The van der Waals surface area contributed by atoms with E-state index in [1.165, 1.54) is 12.1 Å². The van der Waals surface area contributed by atoms with E-state index in [0.717, 1.165) is 23.1 Å². The van der Waals surface area contributed by atoms with Crippen molar-refractivity contribution in [2.45, 2.75) is 13.8 Å². The molecule has 154 valence electrons. The molecule has 1 saturated heterocycles. The van der Waals surface area contributed by atoms with Gasteiger partial charge in [-0.15, -0.1) is 0 Å². The molecular weight excluding hydrogens is 405 g/mol. The number of piperazine rings is 1. The van der Waals surface area contributed by atoms with Crippen molar-refractivity contribution in [1.29, 1.82) is 0 Å². The molecule has 0 saturated carbocycles. The molecule has 0 spiro atoms. The highest BCUT2D eigenvalue weighted by atomic mass is 35.5. The summed E-state index contributed by atoms with van der Waals surface area (Å²) in [5, 5.41) is 0.271. The largest absolute Gasteiger partial charge is 0.353 e. The van der Waals surface area contributed by atoms with Crippen LogP contribution in [0.4, 0.5) is 10.2 Å². The topological polar surface area (TPSA) is 62.2 Å². The van der Waals surface area contributed by atoms with E-state index < -0.39 is 5.82 Å². The molecule has 0 aliphatic carbocycles. The lowest BCUT2D eigenvalue weighted by atomic mass is 10.1. The van der Waals surface area contributed by atoms with E-state index in [2.05, 4.69) is 14.9 Å².